The summed E-state index contributed by atoms with van der Waals surface area (Å²) in [6.07, 6.45) is 0. The summed E-state index contributed by atoms with van der Waals surface area (Å²) in [4.78, 5) is 16.5. The van der Waals surface area contributed by atoms with Crippen molar-refractivity contribution in [2.45, 2.75) is 6.61 Å². The van der Waals surface area contributed by atoms with Crippen LogP contribution in [0.4, 0.5) is 0 Å². The molecule has 2 heterocycles. The van der Waals surface area contributed by atoms with Crippen molar-refractivity contribution in [2.24, 2.45) is 0 Å². The van der Waals surface area contributed by atoms with Gasteiger partial charge < -0.3 is 18.9 Å². The number of thiazole rings is 1. The second kappa shape index (κ2) is 6.82. The highest BCUT2D eigenvalue weighted by molar-refractivity contribution is 7.07. The van der Waals surface area contributed by atoms with Crippen molar-refractivity contribution in [1.82, 2.24) is 4.98 Å². The lowest BCUT2D eigenvalue weighted by Gasteiger charge is -2.08. The first-order valence-electron chi connectivity index (χ1n) is 7.50. The number of benzene rings is 2. The van der Waals surface area contributed by atoms with E-state index >= 15 is 0 Å². The SMILES string of the molecule is O=C(Oc1ccc2c(c1)OCO2)c1cccc(OCc2cscn2)c1. The third-order valence-electron chi connectivity index (χ3n) is 3.49. The van der Waals surface area contributed by atoms with Crippen LogP contribution in [-0.2, 0) is 6.61 Å². The lowest BCUT2D eigenvalue weighted by molar-refractivity contribution is 0.0734. The number of aromatic nitrogens is 1. The molecule has 0 unspecified atom stereocenters. The van der Waals surface area contributed by atoms with Gasteiger partial charge in [0.25, 0.3) is 0 Å². The summed E-state index contributed by atoms with van der Waals surface area (Å²) >= 11 is 1.51. The summed E-state index contributed by atoms with van der Waals surface area (Å²) in [6.45, 7) is 0.523. The van der Waals surface area contributed by atoms with Crippen LogP contribution in [0.5, 0.6) is 23.0 Å². The topological polar surface area (TPSA) is 66.9 Å². The molecule has 6 nitrogen and oxygen atoms in total. The van der Waals surface area contributed by atoms with Gasteiger partial charge in [-0.05, 0) is 30.3 Å². The van der Waals surface area contributed by atoms with Crippen LogP contribution in [-0.4, -0.2) is 17.7 Å². The summed E-state index contributed by atoms with van der Waals surface area (Å²) in [5.74, 6) is 1.69. The molecule has 0 saturated heterocycles. The Bertz CT molecular complexity index is 894. The van der Waals surface area contributed by atoms with E-state index < -0.39 is 5.97 Å². The van der Waals surface area contributed by atoms with Crippen LogP contribution in [0.25, 0.3) is 0 Å². The Hall–Kier alpha value is -3.06. The quantitative estimate of drug-likeness (QED) is 0.514. The number of ether oxygens (including phenoxy) is 4. The van der Waals surface area contributed by atoms with Gasteiger partial charge in [0.1, 0.15) is 18.1 Å². The average molecular weight is 355 g/mol. The Kier molecular flexibility index (Phi) is 4.22. The van der Waals surface area contributed by atoms with Crippen LogP contribution in [0.15, 0.2) is 53.4 Å². The van der Waals surface area contributed by atoms with Gasteiger partial charge in [-0.15, -0.1) is 11.3 Å². The van der Waals surface area contributed by atoms with Crippen LogP contribution in [0.1, 0.15) is 16.1 Å². The molecule has 0 fully saturated rings. The maximum absolute atomic E-state index is 12.3. The Labute approximate surface area is 147 Å². The van der Waals surface area contributed by atoms with Crippen LogP contribution in [0.2, 0.25) is 0 Å². The van der Waals surface area contributed by atoms with E-state index in [2.05, 4.69) is 4.98 Å². The molecule has 0 amide bonds. The second-order valence-electron chi connectivity index (χ2n) is 5.20. The van der Waals surface area contributed by atoms with E-state index in [-0.39, 0.29) is 6.79 Å². The smallest absolute Gasteiger partial charge is 0.343 e. The normalized spacial score (nSPS) is 12.0. The van der Waals surface area contributed by atoms with Crippen LogP contribution >= 0.6 is 11.3 Å². The molecule has 0 bridgehead atoms. The molecule has 1 aliphatic heterocycles. The van der Waals surface area contributed by atoms with Gasteiger partial charge in [0.05, 0.1) is 16.8 Å². The zero-order valence-electron chi connectivity index (χ0n) is 13.0. The van der Waals surface area contributed by atoms with Crippen LogP contribution in [0.3, 0.4) is 0 Å². The summed E-state index contributed by atoms with van der Waals surface area (Å²) in [7, 11) is 0. The fourth-order valence-corrected chi connectivity index (χ4v) is 2.83. The molecule has 0 saturated carbocycles. The maximum Gasteiger partial charge on any atom is 0.343 e. The van der Waals surface area contributed by atoms with E-state index in [0.717, 1.165) is 5.69 Å². The Morgan fingerprint density at radius 2 is 2.04 bits per heavy atom. The highest BCUT2D eigenvalue weighted by Gasteiger charge is 2.16. The van der Waals surface area contributed by atoms with Gasteiger partial charge in [-0.3, -0.25) is 0 Å². The largest absolute Gasteiger partial charge is 0.487 e. The van der Waals surface area contributed by atoms with Crippen LogP contribution < -0.4 is 18.9 Å². The number of fused-ring (bicyclic) bond motifs is 1. The number of carbonyl (C=O) groups is 1. The number of hydrogen-bond donors (Lipinski definition) is 0. The lowest BCUT2D eigenvalue weighted by atomic mass is 10.2. The predicted octanol–water partition coefficient (Wildman–Crippen LogP) is 3.67. The molecule has 0 spiro atoms. The first-order chi connectivity index (χ1) is 12.3. The van der Waals surface area contributed by atoms with Crippen molar-refractivity contribution in [3.05, 3.63) is 64.6 Å². The second-order valence-corrected chi connectivity index (χ2v) is 5.92. The monoisotopic (exact) mass is 355 g/mol. The van der Waals surface area contributed by atoms with E-state index in [1.807, 2.05) is 5.38 Å². The molecule has 126 valence electrons. The van der Waals surface area contributed by atoms with Crippen molar-refractivity contribution >= 4 is 17.3 Å². The van der Waals surface area contributed by atoms with E-state index in [1.165, 1.54) is 11.3 Å². The van der Waals surface area contributed by atoms with Gasteiger partial charge in [-0.1, -0.05) is 6.07 Å². The highest BCUT2D eigenvalue weighted by atomic mass is 32.1. The summed E-state index contributed by atoms with van der Waals surface area (Å²) in [5, 5.41) is 1.91. The molecule has 3 aromatic rings. The predicted molar refractivity (Wildman–Crippen MR) is 90.4 cm³/mol. The molecule has 4 rings (SSSR count). The molecule has 2 aromatic carbocycles. The molecule has 0 aliphatic carbocycles. The van der Waals surface area contributed by atoms with Gasteiger partial charge in [-0.2, -0.15) is 0 Å². The van der Waals surface area contributed by atoms with E-state index in [4.69, 9.17) is 18.9 Å². The summed E-state index contributed by atoms with van der Waals surface area (Å²) in [5.41, 5.74) is 2.99. The minimum Gasteiger partial charge on any atom is -0.487 e. The summed E-state index contributed by atoms with van der Waals surface area (Å²) in [6, 6.07) is 11.8. The molecule has 0 radical (unpaired) electrons. The minimum absolute atomic E-state index is 0.172. The third-order valence-corrected chi connectivity index (χ3v) is 4.13. The van der Waals surface area contributed by atoms with E-state index in [9.17, 15) is 4.79 Å². The van der Waals surface area contributed by atoms with Crippen molar-refractivity contribution < 1.29 is 23.7 Å². The molecular weight excluding hydrogens is 342 g/mol. The fraction of sp³-hybridized carbons (Fsp3) is 0.111. The number of esters is 1. The number of rotatable bonds is 5. The van der Waals surface area contributed by atoms with Crippen LogP contribution in [0, 0.1) is 0 Å². The molecule has 0 N–H and O–H groups in total. The Morgan fingerprint density at radius 3 is 2.92 bits per heavy atom. The highest BCUT2D eigenvalue weighted by Crippen LogP contribution is 2.35. The Morgan fingerprint density at radius 1 is 1.12 bits per heavy atom. The standard InChI is InChI=1S/C18H13NO5S/c20-18(24-15-4-5-16-17(7-15)23-11-22-16)12-2-1-3-14(6-12)21-8-13-9-25-10-19-13/h1-7,9-10H,8,11H2. The van der Waals surface area contributed by atoms with Crippen molar-refractivity contribution in [3.8, 4) is 23.0 Å². The first kappa shape index (κ1) is 15.5. The first-order valence-corrected chi connectivity index (χ1v) is 8.44. The van der Waals surface area contributed by atoms with Gasteiger partial charge in [-0.25, -0.2) is 9.78 Å². The van der Waals surface area contributed by atoms with Gasteiger partial charge in [0, 0.05) is 11.4 Å². The molecule has 25 heavy (non-hydrogen) atoms. The molecular formula is C18H13NO5S. The Balaban J connectivity index is 1.44. The number of hydrogen-bond acceptors (Lipinski definition) is 7. The van der Waals surface area contributed by atoms with E-state index in [0.29, 0.717) is 35.2 Å². The third kappa shape index (κ3) is 3.56. The number of carbonyl (C=O) groups excluding carboxylic acids is 1. The van der Waals surface area contributed by atoms with Gasteiger partial charge in [0.2, 0.25) is 6.79 Å². The summed E-state index contributed by atoms with van der Waals surface area (Å²) < 4.78 is 21.5. The molecule has 1 aliphatic rings. The lowest BCUT2D eigenvalue weighted by Crippen LogP contribution is -2.08. The fourth-order valence-electron chi connectivity index (χ4n) is 2.29. The molecule has 0 atom stereocenters. The average Bonchev–Trinajstić information content (AvgIpc) is 3.31. The van der Waals surface area contributed by atoms with Crippen molar-refractivity contribution in [2.75, 3.05) is 6.79 Å². The molecule has 1 aromatic heterocycles. The van der Waals surface area contributed by atoms with E-state index in [1.54, 1.807) is 48.0 Å². The zero-order chi connectivity index (χ0) is 17.1. The zero-order valence-corrected chi connectivity index (χ0v) is 13.8. The van der Waals surface area contributed by atoms with Gasteiger partial charge >= 0.3 is 5.97 Å². The number of nitrogens with zero attached hydrogens (tertiary/aromatic N) is 1. The van der Waals surface area contributed by atoms with Gasteiger partial charge in [0.15, 0.2) is 11.5 Å². The maximum atomic E-state index is 12.3. The van der Waals surface area contributed by atoms with Crippen molar-refractivity contribution in [1.29, 1.82) is 0 Å². The minimum atomic E-state index is -0.474. The van der Waals surface area contributed by atoms with Crippen molar-refractivity contribution in [3.63, 3.8) is 0 Å². The molecule has 7 heteroatoms.